The Bertz CT molecular complexity index is 1170. The Hall–Kier alpha value is -3.25. The Balaban J connectivity index is 1.16. The quantitative estimate of drug-likeness (QED) is 0.630. The van der Waals surface area contributed by atoms with Gasteiger partial charge in [0.1, 0.15) is 5.82 Å². The zero-order chi connectivity index (χ0) is 22.8. The maximum Gasteiger partial charge on any atom is 0.251 e. The molecule has 5 nitrogen and oxygen atoms in total. The predicted octanol–water partition coefficient (Wildman–Crippen LogP) is 3.70. The van der Waals surface area contributed by atoms with Gasteiger partial charge in [0.15, 0.2) is 0 Å². The molecule has 2 aliphatic heterocycles. The van der Waals surface area contributed by atoms with E-state index in [1.165, 1.54) is 12.1 Å². The highest BCUT2D eigenvalue weighted by Crippen LogP contribution is 2.47. The van der Waals surface area contributed by atoms with Crippen molar-refractivity contribution in [1.29, 1.82) is 0 Å². The van der Waals surface area contributed by atoms with Gasteiger partial charge < -0.3 is 15.5 Å². The molecule has 33 heavy (non-hydrogen) atoms. The fourth-order valence-electron chi connectivity index (χ4n) is 5.37. The van der Waals surface area contributed by atoms with E-state index in [4.69, 9.17) is 0 Å². The van der Waals surface area contributed by atoms with Crippen LogP contribution in [0.4, 0.5) is 4.39 Å². The van der Waals surface area contributed by atoms with Crippen molar-refractivity contribution in [2.45, 2.75) is 18.8 Å². The fraction of sp³-hybridized carbons (Fsp3) is 0.333. The molecule has 3 aromatic rings. The third-order valence-electron chi connectivity index (χ3n) is 7.33. The molecule has 170 valence electrons. The topological polar surface area (TPSA) is 61.4 Å². The van der Waals surface area contributed by atoms with Crippen LogP contribution in [0, 0.1) is 11.2 Å². The second-order valence-corrected chi connectivity index (χ2v) is 9.13. The molecular weight excluding hydrogens is 417 g/mol. The number of nitrogens with zero attached hydrogens (tertiary/aromatic N) is 1. The van der Waals surface area contributed by atoms with Crippen LogP contribution in [0.5, 0.6) is 0 Å². The van der Waals surface area contributed by atoms with Crippen LogP contribution in [0.2, 0.25) is 0 Å². The van der Waals surface area contributed by atoms with Crippen LogP contribution in [-0.4, -0.2) is 49.4 Å². The maximum atomic E-state index is 13.4. The molecular formula is C27H28FN3O2. The van der Waals surface area contributed by atoms with Crippen LogP contribution in [0.15, 0.2) is 66.7 Å². The highest BCUT2D eigenvalue weighted by Gasteiger charge is 2.51. The van der Waals surface area contributed by atoms with E-state index in [2.05, 4.69) is 15.5 Å². The molecule has 2 fully saturated rings. The molecule has 3 aromatic carbocycles. The van der Waals surface area contributed by atoms with Crippen molar-refractivity contribution in [3.63, 3.8) is 0 Å². The second-order valence-electron chi connectivity index (χ2n) is 9.13. The van der Waals surface area contributed by atoms with E-state index < -0.39 is 5.41 Å². The molecule has 0 aromatic heterocycles. The number of amides is 2. The number of hydrogen-bond donors (Lipinski definition) is 2. The third-order valence-corrected chi connectivity index (χ3v) is 7.33. The first-order valence-corrected chi connectivity index (χ1v) is 11.6. The Kier molecular flexibility index (Phi) is 5.85. The number of nitrogens with one attached hydrogen (secondary N) is 2. The SMILES string of the molecule is O=C(NCCN1CCC2(CC1)C(=O)NC[C@H]2c1ccc(F)cc1)c1ccc2ccccc2c1. The summed E-state index contributed by atoms with van der Waals surface area (Å²) in [5, 5.41) is 8.23. The molecule has 2 saturated heterocycles. The van der Waals surface area contributed by atoms with Crippen molar-refractivity contribution in [3.8, 4) is 0 Å². The normalized spacial score (nSPS) is 20.2. The van der Waals surface area contributed by atoms with Crippen molar-refractivity contribution in [1.82, 2.24) is 15.5 Å². The third kappa shape index (κ3) is 4.23. The van der Waals surface area contributed by atoms with Crippen LogP contribution in [0.3, 0.4) is 0 Å². The molecule has 0 bridgehead atoms. The van der Waals surface area contributed by atoms with Gasteiger partial charge in [0.2, 0.25) is 5.91 Å². The summed E-state index contributed by atoms with van der Waals surface area (Å²) in [4.78, 5) is 27.7. The lowest BCUT2D eigenvalue weighted by molar-refractivity contribution is -0.130. The Labute approximate surface area is 193 Å². The van der Waals surface area contributed by atoms with Crippen molar-refractivity contribution in [2.24, 2.45) is 5.41 Å². The van der Waals surface area contributed by atoms with E-state index in [9.17, 15) is 14.0 Å². The number of hydrogen-bond acceptors (Lipinski definition) is 3. The Morgan fingerprint density at radius 2 is 1.76 bits per heavy atom. The van der Waals surface area contributed by atoms with E-state index in [0.29, 0.717) is 18.7 Å². The number of likely N-dealkylation sites (tertiary alicyclic amines) is 1. The van der Waals surface area contributed by atoms with Gasteiger partial charge in [-0.25, -0.2) is 4.39 Å². The van der Waals surface area contributed by atoms with Crippen molar-refractivity contribution >= 4 is 22.6 Å². The van der Waals surface area contributed by atoms with Gasteiger partial charge >= 0.3 is 0 Å². The highest BCUT2D eigenvalue weighted by atomic mass is 19.1. The molecule has 5 rings (SSSR count). The molecule has 1 spiro atoms. The first-order valence-electron chi connectivity index (χ1n) is 11.6. The van der Waals surface area contributed by atoms with Gasteiger partial charge in [-0.2, -0.15) is 0 Å². The summed E-state index contributed by atoms with van der Waals surface area (Å²) in [6, 6.07) is 20.3. The van der Waals surface area contributed by atoms with E-state index in [0.717, 1.165) is 48.8 Å². The van der Waals surface area contributed by atoms with Crippen LogP contribution in [0.1, 0.15) is 34.7 Å². The lowest BCUT2D eigenvalue weighted by Gasteiger charge is -2.41. The van der Waals surface area contributed by atoms with E-state index >= 15 is 0 Å². The molecule has 6 heteroatoms. The van der Waals surface area contributed by atoms with Crippen LogP contribution in [-0.2, 0) is 4.79 Å². The number of piperidine rings is 1. The summed E-state index contributed by atoms with van der Waals surface area (Å²) in [5.74, 6) is -0.146. The zero-order valence-electron chi connectivity index (χ0n) is 18.5. The number of carbonyl (C=O) groups is 2. The first kappa shape index (κ1) is 21.6. The zero-order valence-corrected chi connectivity index (χ0v) is 18.5. The number of fused-ring (bicyclic) bond motifs is 1. The van der Waals surface area contributed by atoms with Gasteiger partial charge in [-0.05, 0) is 66.5 Å². The molecule has 2 N–H and O–H groups in total. The first-order chi connectivity index (χ1) is 16.0. The number of rotatable bonds is 5. The van der Waals surface area contributed by atoms with Gasteiger partial charge in [-0.3, -0.25) is 9.59 Å². The van der Waals surface area contributed by atoms with Gasteiger partial charge in [0.05, 0.1) is 5.41 Å². The standard InChI is InChI=1S/C27H28FN3O2/c28-23-9-7-20(8-10-23)24-18-30-26(33)27(24)11-14-31(15-12-27)16-13-29-25(32)22-6-5-19-3-1-2-4-21(19)17-22/h1-10,17,24H,11-16,18H2,(H,29,32)(H,30,33)/t24-/m0/s1. The molecule has 0 aliphatic carbocycles. The fourth-order valence-corrected chi connectivity index (χ4v) is 5.37. The van der Waals surface area contributed by atoms with E-state index in [-0.39, 0.29) is 23.5 Å². The summed E-state index contributed by atoms with van der Waals surface area (Å²) < 4.78 is 13.4. The van der Waals surface area contributed by atoms with Crippen molar-refractivity contribution in [2.75, 3.05) is 32.7 Å². The van der Waals surface area contributed by atoms with Crippen molar-refractivity contribution < 1.29 is 14.0 Å². The number of benzene rings is 3. The van der Waals surface area contributed by atoms with E-state index in [1.54, 1.807) is 12.1 Å². The lowest BCUT2D eigenvalue weighted by Crippen LogP contribution is -2.47. The van der Waals surface area contributed by atoms with Crippen LogP contribution in [0.25, 0.3) is 10.8 Å². The largest absolute Gasteiger partial charge is 0.355 e. The summed E-state index contributed by atoms with van der Waals surface area (Å²) in [6.07, 6.45) is 1.53. The Morgan fingerprint density at radius 3 is 2.52 bits per heavy atom. The summed E-state index contributed by atoms with van der Waals surface area (Å²) in [7, 11) is 0. The molecule has 0 radical (unpaired) electrons. The van der Waals surface area contributed by atoms with Crippen LogP contribution < -0.4 is 10.6 Å². The second kappa shape index (κ2) is 8.94. The smallest absolute Gasteiger partial charge is 0.251 e. The predicted molar refractivity (Wildman–Crippen MR) is 127 cm³/mol. The van der Waals surface area contributed by atoms with Gasteiger partial charge in [-0.1, -0.05) is 42.5 Å². The number of halogens is 1. The van der Waals surface area contributed by atoms with Crippen molar-refractivity contribution in [3.05, 3.63) is 83.7 Å². The van der Waals surface area contributed by atoms with Gasteiger partial charge in [0.25, 0.3) is 5.91 Å². The summed E-state index contributed by atoms with van der Waals surface area (Å²) >= 11 is 0. The summed E-state index contributed by atoms with van der Waals surface area (Å²) in [5.41, 5.74) is 1.25. The van der Waals surface area contributed by atoms with E-state index in [1.807, 2.05) is 42.5 Å². The minimum atomic E-state index is -0.428. The van der Waals surface area contributed by atoms with Gasteiger partial charge in [-0.15, -0.1) is 0 Å². The lowest BCUT2D eigenvalue weighted by atomic mass is 9.68. The average molecular weight is 446 g/mol. The molecule has 2 heterocycles. The van der Waals surface area contributed by atoms with Gasteiger partial charge in [0, 0.05) is 31.1 Å². The highest BCUT2D eigenvalue weighted by molar-refractivity contribution is 5.98. The molecule has 2 amide bonds. The maximum absolute atomic E-state index is 13.4. The monoisotopic (exact) mass is 445 g/mol. The summed E-state index contributed by atoms with van der Waals surface area (Å²) in [6.45, 7) is 3.52. The molecule has 2 aliphatic rings. The molecule has 0 saturated carbocycles. The Morgan fingerprint density at radius 1 is 1.03 bits per heavy atom. The van der Waals surface area contributed by atoms with Crippen LogP contribution >= 0.6 is 0 Å². The average Bonchev–Trinajstić information content (AvgIpc) is 3.16. The molecule has 1 atom stereocenters. The molecule has 0 unspecified atom stereocenters. The minimum Gasteiger partial charge on any atom is -0.355 e. The number of carbonyl (C=O) groups excluding carboxylic acids is 2. The minimum absolute atomic E-state index is 0.0687.